The molecule has 1 aromatic heterocycles. The highest BCUT2D eigenvalue weighted by Crippen LogP contribution is 2.31. The zero-order valence-electron chi connectivity index (χ0n) is 17.0. The van der Waals surface area contributed by atoms with Crippen LogP contribution in [0.1, 0.15) is 41.4 Å². The van der Waals surface area contributed by atoms with Gasteiger partial charge in [0.2, 0.25) is 0 Å². The molecule has 29 heavy (non-hydrogen) atoms. The third kappa shape index (κ3) is 3.48. The van der Waals surface area contributed by atoms with E-state index in [1.807, 2.05) is 23.2 Å². The number of aromatic nitrogens is 1. The van der Waals surface area contributed by atoms with Crippen molar-refractivity contribution in [2.24, 2.45) is 5.92 Å². The lowest BCUT2D eigenvalue weighted by atomic mass is 9.98. The highest BCUT2D eigenvalue weighted by molar-refractivity contribution is 6.02. The molecule has 0 N–H and O–H groups in total. The van der Waals surface area contributed by atoms with E-state index in [-0.39, 0.29) is 5.91 Å². The maximum Gasteiger partial charge on any atom is 0.253 e. The molecule has 1 fully saturated rings. The fraction of sp³-hybridized carbons (Fsp3) is 0.360. The summed E-state index contributed by atoms with van der Waals surface area (Å²) in [4.78, 5) is 22.0. The number of anilines is 1. The molecule has 4 heteroatoms. The highest BCUT2D eigenvalue weighted by Gasteiger charge is 2.23. The molecule has 3 aromatic rings. The summed E-state index contributed by atoms with van der Waals surface area (Å²) in [6, 6.07) is 16.8. The smallest absolute Gasteiger partial charge is 0.253 e. The van der Waals surface area contributed by atoms with Gasteiger partial charge in [-0.05, 0) is 54.0 Å². The number of carbonyl (C=O) groups excluding carboxylic acids is 1. The SMILES string of the molecule is CC1CCCN(C(=O)c2ccc3c(N4CCc5ncccc5C4)cccc3c2)C1. The third-order valence-electron chi connectivity index (χ3n) is 6.35. The number of hydrogen-bond donors (Lipinski definition) is 0. The topological polar surface area (TPSA) is 36.4 Å². The minimum Gasteiger partial charge on any atom is -0.366 e. The minimum absolute atomic E-state index is 0.168. The zero-order chi connectivity index (χ0) is 19.8. The number of hydrogen-bond acceptors (Lipinski definition) is 3. The van der Waals surface area contributed by atoms with Gasteiger partial charge in [0.25, 0.3) is 5.91 Å². The lowest BCUT2D eigenvalue weighted by Crippen LogP contribution is -2.39. The molecule has 2 aromatic carbocycles. The summed E-state index contributed by atoms with van der Waals surface area (Å²) in [6.45, 7) is 5.84. The van der Waals surface area contributed by atoms with Gasteiger partial charge in [-0.15, -0.1) is 0 Å². The standard InChI is InChI=1S/C25H27N3O/c1-18-5-4-13-28(16-18)25(29)20-9-10-22-19(15-20)6-2-8-24(22)27-14-11-23-21(17-27)7-3-12-26-23/h2-3,6-10,12,15,18H,4-5,11,13-14,16-17H2,1H3. The molecule has 0 bridgehead atoms. The van der Waals surface area contributed by atoms with Gasteiger partial charge in [0.1, 0.15) is 0 Å². The molecule has 1 unspecified atom stereocenters. The minimum atomic E-state index is 0.168. The first-order chi connectivity index (χ1) is 14.2. The number of pyridine rings is 1. The van der Waals surface area contributed by atoms with Crippen molar-refractivity contribution in [3.63, 3.8) is 0 Å². The Bertz CT molecular complexity index is 1060. The van der Waals surface area contributed by atoms with Gasteiger partial charge in [0.05, 0.1) is 0 Å². The van der Waals surface area contributed by atoms with Crippen LogP contribution in [0.2, 0.25) is 0 Å². The van der Waals surface area contributed by atoms with E-state index in [4.69, 9.17) is 0 Å². The Morgan fingerprint density at radius 2 is 2.03 bits per heavy atom. The second-order valence-electron chi connectivity index (χ2n) is 8.49. The van der Waals surface area contributed by atoms with Crippen LogP contribution in [0.5, 0.6) is 0 Å². The molecule has 0 saturated carbocycles. The van der Waals surface area contributed by atoms with Gasteiger partial charge in [-0.3, -0.25) is 9.78 Å². The quantitative estimate of drug-likeness (QED) is 0.643. The normalized spacial score (nSPS) is 19.3. The Kier molecular flexibility index (Phi) is 4.70. The first-order valence-corrected chi connectivity index (χ1v) is 10.7. The van der Waals surface area contributed by atoms with Crippen LogP contribution in [0.3, 0.4) is 0 Å². The van der Waals surface area contributed by atoms with Gasteiger partial charge in [0.15, 0.2) is 0 Å². The summed E-state index contributed by atoms with van der Waals surface area (Å²) in [7, 11) is 0. The Morgan fingerprint density at radius 3 is 2.93 bits per heavy atom. The molecule has 1 saturated heterocycles. The fourth-order valence-corrected chi connectivity index (χ4v) is 4.80. The average Bonchev–Trinajstić information content (AvgIpc) is 2.77. The van der Waals surface area contributed by atoms with Gasteiger partial charge in [-0.1, -0.05) is 31.2 Å². The Morgan fingerprint density at radius 1 is 1.10 bits per heavy atom. The van der Waals surface area contributed by atoms with Crippen molar-refractivity contribution in [3.05, 3.63) is 71.5 Å². The van der Waals surface area contributed by atoms with Crippen LogP contribution < -0.4 is 4.90 Å². The second-order valence-corrected chi connectivity index (χ2v) is 8.49. The number of amides is 1. The molecule has 2 aliphatic rings. The summed E-state index contributed by atoms with van der Waals surface area (Å²) >= 11 is 0. The number of nitrogens with zero attached hydrogens (tertiary/aromatic N) is 3. The van der Waals surface area contributed by atoms with Gasteiger partial charge in [-0.2, -0.15) is 0 Å². The number of rotatable bonds is 2. The van der Waals surface area contributed by atoms with Crippen molar-refractivity contribution < 1.29 is 4.79 Å². The number of fused-ring (bicyclic) bond motifs is 2. The van der Waals surface area contributed by atoms with E-state index in [0.29, 0.717) is 5.92 Å². The van der Waals surface area contributed by atoms with Gasteiger partial charge >= 0.3 is 0 Å². The Hall–Kier alpha value is -2.88. The average molecular weight is 386 g/mol. The van der Waals surface area contributed by atoms with Crippen LogP contribution in [-0.2, 0) is 13.0 Å². The van der Waals surface area contributed by atoms with E-state index >= 15 is 0 Å². The lowest BCUT2D eigenvalue weighted by molar-refractivity contribution is 0.0683. The van der Waals surface area contributed by atoms with Crippen molar-refractivity contribution in [2.45, 2.75) is 32.7 Å². The highest BCUT2D eigenvalue weighted by atomic mass is 16.2. The summed E-state index contributed by atoms with van der Waals surface area (Å²) < 4.78 is 0. The molecule has 3 heterocycles. The number of piperidine rings is 1. The summed E-state index contributed by atoms with van der Waals surface area (Å²) in [5.74, 6) is 0.762. The molecule has 148 valence electrons. The molecule has 5 rings (SSSR count). The van der Waals surface area contributed by atoms with Crippen LogP contribution >= 0.6 is 0 Å². The van der Waals surface area contributed by atoms with Crippen molar-refractivity contribution in [1.29, 1.82) is 0 Å². The molecule has 1 amide bonds. The molecular weight excluding hydrogens is 358 g/mol. The molecule has 0 aliphatic carbocycles. The van der Waals surface area contributed by atoms with Crippen LogP contribution in [0.4, 0.5) is 5.69 Å². The van der Waals surface area contributed by atoms with Crippen LogP contribution in [0, 0.1) is 5.92 Å². The van der Waals surface area contributed by atoms with E-state index in [0.717, 1.165) is 50.0 Å². The Balaban J connectivity index is 1.44. The monoisotopic (exact) mass is 385 g/mol. The van der Waals surface area contributed by atoms with Crippen molar-refractivity contribution in [1.82, 2.24) is 9.88 Å². The van der Waals surface area contributed by atoms with Crippen molar-refractivity contribution in [3.8, 4) is 0 Å². The van der Waals surface area contributed by atoms with Crippen LogP contribution in [-0.4, -0.2) is 35.4 Å². The van der Waals surface area contributed by atoms with E-state index in [1.165, 1.54) is 28.8 Å². The van der Waals surface area contributed by atoms with E-state index in [9.17, 15) is 4.79 Å². The lowest BCUT2D eigenvalue weighted by Gasteiger charge is -2.32. The van der Waals surface area contributed by atoms with Gasteiger partial charge in [-0.25, -0.2) is 0 Å². The summed E-state index contributed by atoms with van der Waals surface area (Å²) in [6.07, 6.45) is 5.18. The number of likely N-dealkylation sites (tertiary alicyclic amines) is 1. The first kappa shape index (κ1) is 18.2. The van der Waals surface area contributed by atoms with Crippen LogP contribution in [0.15, 0.2) is 54.7 Å². The summed E-state index contributed by atoms with van der Waals surface area (Å²) in [5, 5.41) is 2.35. The van der Waals surface area contributed by atoms with Gasteiger partial charge in [0, 0.05) is 61.1 Å². The van der Waals surface area contributed by atoms with Crippen molar-refractivity contribution >= 4 is 22.4 Å². The van der Waals surface area contributed by atoms with Gasteiger partial charge < -0.3 is 9.80 Å². The maximum atomic E-state index is 13.0. The van der Waals surface area contributed by atoms with Crippen molar-refractivity contribution in [2.75, 3.05) is 24.5 Å². The predicted octanol–water partition coefficient (Wildman–Crippen LogP) is 4.67. The van der Waals surface area contributed by atoms with Crippen LogP contribution in [0.25, 0.3) is 10.8 Å². The largest absolute Gasteiger partial charge is 0.366 e. The summed E-state index contributed by atoms with van der Waals surface area (Å²) in [5.41, 5.74) is 4.56. The molecule has 4 nitrogen and oxygen atoms in total. The fourth-order valence-electron chi connectivity index (χ4n) is 4.80. The van der Waals surface area contributed by atoms with E-state index in [2.05, 4.69) is 53.2 Å². The molecular formula is C25H27N3O. The maximum absolute atomic E-state index is 13.0. The molecule has 2 aliphatic heterocycles. The Labute approximate surface area is 172 Å². The first-order valence-electron chi connectivity index (χ1n) is 10.7. The molecule has 0 radical (unpaired) electrons. The predicted molar refractivity (Wildman–Crippen MR) is 117 cm³/mol. The number of benzene rings is 2. The third-order valence-corrected chi connectivity index (χ3v) is 6.35. The molecule has 1 atom stereocenters. The second kappa shape index (κ2) is 7.51. The van der Waals surface area contributed by atoms with E-state index in [1.54, 1.807) is 0 Å². The van der Waals surface area contributed by atoms with E-state index < -0.39 is 0 Å². The zero-order valence-corrected chi connectivity index (χ0v) is 17.0. The number of carbonyl (C=O) groups is 1. The molecule has 0 spiro atoms.